The number of carbonyl (C=O) groups excluding carboxylic acids is 2. The lowest BCUT2D eigenvalue weighted by Crippen LogP contribution is -2.48. The molecule has 0 spiro atoms. The van der Waals surface area contributed by atoms with Crippen molar-refractivity contribution >= 4 is 11.8 Å². The van der Waals surface area contributed by atoms with E-state index >= 15 is 0 Å². The van der Waals surface area contributed by atoms with E-state index in [2.05, 4.69) is 10.6 Å². The second-order valence-electron chi connectivity index (χ2n) is 6.89. The van der Waals surface area contributed by atoms with Gasteiger partial charge in [0.2, 0.25) is 18.1 Å². The van der Waals surface area contributed by atoms with E-state index < -0.39 is 30.2 Å². The number of unbranched alkanes of at least 4 members (excludes halogenated alkanes) is 1. The Morgan fingerprint density at radius 1 is 1.13 bits per heavy atom. The zero-order chi connectivity index (χ0) is 22.5. The van der Waals surface area contributed by atoms with Gasteiger partial charge in [-0.05, 0) is 12.8 Å². The summed E-state index contributed by atoms with van der Waals surface area (Å²) in [7, 11) is 4.54. The molecule has 0 saturated heterocycles. The summed E-state index contributed by atoms with van der Waals surface area (Å²) in [5.41, 5.74) is -0.0398. The molecule has 1 rings (SSSR count). The summed E-state index contributed by atoms with van der Waals surface area (Å²) in [5.74, 6) is -0.988. The first-order valence-corrected chi connectivity index (χ1v) is 9.75. The van der Waals surface area contributed by atoms with E-state index in [0.29, 0.717) is 32.5 Å². The summed E-state index contributed by atoms with van der Waals surface area (Å²) < 4.78 is 26.3. The van der Waals surface area contributed by atoms with Gasteiger partial charge in [0.15, 0.2) is 0 Å². The molecule has 0 aliphatic carbocycles. The van der Waals surface area contributed by atoms with Crippen LogP contribution >= 0.6 is 0 Å². The number of aliphatic hydroxyl groups is 2. The molecule has 0 radical (unpaired) electrons. The summed E-state index contributed by atoms with van der Waals surface area (Å²) in [6.45, 7) is 2.23. The summed E-state index contributed by atoms with van der Waals surface area (Å²) >= 11 is 0. The van der Waals surface area contributed by atoms with Gasteiger partial charge in [-0.15, -0.1) is 0 Å². The fourth-order valence-electron chi connectivity index (χ4n) is 2.90. The van der Waals surface area contributed by atoms with Crippen molar-refractivity contribution in [1.82, 2.24) is 10.6 Å². The highest BCUT2D eigenvalue weighted by atomic mass is 16.7. The molecule has 11 heteroatoms. The molecule has 4 N–H and O–H groups in total. The summed E-state index contributed by atoms with van der Waals surface area (Å²) in [6.07, 6.45) is -1.87. The van der Waals surface area contributed by atoms with Gasteiger partial charge in [-0.3, -0.25) is 9.59 Å². The number of hydrogen-bond donors (Lipinski definition) is 4. The lowest BCUT2D eigenvalue weighted by molar-refractivity contribution is -0.201. The molecule has 0 fully saturated rings. The molecule has 0 saturated carbocycles. The van der Waals surface area contributed by atoms with Crippen LogP contribution in [0, 0.1) is 0 Å². The maximum Gasteiger partial charge on any atom is 0.221 e. The maximum absolute atomic E-state index is 12.0. The van der Waals surface area contributed by atoms with Gasteiger partial charge in [0, 0.05) is 34.7 Å². The van der Waals surface area contributed by atoms with E-state index in [1.165, 1.54) is 14.0 Å². The third kappa shape index (κ3) is 8.94. The van der Waals surface area contributed by atoms with Gasteiger partial charge in [-0.1, -0.05) is 0 Å². The minimum Gasteiger partial charge on any atom is -0.507 e. The SMILES string of the molecule is COCC(COC)NC(=O)CCCCO[C@@H]1OC(COC)[C@H](O)C(O)=C1NC(C)=O. The highest BCUT2D eigenvalue weighted by Gasteiger charge is 2.38. The van der Waals surface area contributed by atoms with Crippen LogP contribution in [0.25, 0.3) is 0 Å². The number of rotatable bonds is 14. The Morgan fingerprint density at radius 3 is 2.37 bits per heavy atom. The van der Waals surface area contributed by atoms with Crippen LogP contribution in [0.3, 0.4) is 0 Å². The second kappa shape index (κ2) is 14.3. The molecule has 2 amide bonds. The van der Waals surface area contributed by atoms with Crippen molar-refractivity contribution < 1.29 is 43.5 Å². The van der Waals surface area contributed by atoms with E-state index in [9.17, 15) is 19.8 Å². The number of carbonyl (C=O) groups is 2. The standard InChI is InChI=1S/C19H34N2O9/c1-12(22)20-16-18(25)17(24)14(11-28-4)30-19(16)29-8-6-5-7-15(23)21-13(9-26-2)10-27-3/h13-14,17,19,24-25H,5-11H2,1-4H3,(H,20,22)(H,21,23)/t14?,17-,19+/m0/s1. The van der Waals surface area contributed by atoms with Gasteiger partial charge in [0.25, 0.3) is 0 Å². The average molecular weight is 434 g/mol. The van der Waals surface area contributed by atoms with Crippen LogP contribution in [0.4, 0.5) is 0 Å². The van der Waals surface area contributed by atoms with Gasteiger partial charge in [0.1, 0.15) is 23.7 Å². The number of amides is 2. The van der Waals surface area contributed by atoms with Crippen molar-refractivity contribution in [2.75, 3.05) is 47.8 Å². The second-order valence-corrected chi connectivity index (χ2v) is 6.89. The highest BCUT2D eigenvalue weighted by Crippen LogP contribution is 2.24. The number of hydrogen-bond acceptors (Lipinski definition) is 9. The van der Waals surface area contributed by atoms with Crippen LogP contribution < -0.4 is 10.6 Å². The first kappa shape index (κ1) is 26.3. The molecule has 0 bridgehead atoms. The third-order valence-corrected chi connectivity index (χ3v) is 4.25. The summed E-state index contributed by atoms with van der Waals surface area (Å²) in [5, 5.41) is 25.6. The Kier molecular flexibility index (Phi) is 12.5. The van der Waals surface area contributed by atoms with Gasteiger partial charge >= 0.3 is 0 Å². The van der Waals surface area contributed by atoms with E-state index in [1.807, 2.05) is 0 Å². The molecule has 1 unspecified atom stereocenters. The molecule has 174 valence electrons. The molecular weight excluding hydrogens is 400 g/mol. The van der Waals surface area contributed by atoms with Crippen LogP contribution in [0.1, 0.15) is 26.2 Å². The van der Waals surface area contributed by atoms with Crippen molar-refractivity contribution in [1.29, 1.82) is 0 Å². The smallest absolute Gasteiger partial charge is 0.221 e. The first-order valence-electron chi connectivity index (χ1n) is 9.75. The van der Waals surface area contributed by atoms with Gasteiger partial charge < -0.3 is 44.5 Å². The number of methoxy groups -OCH3 is 3. The van der Waals surface area contributed by atoms with Gasteiger partial charge in [-0.25, -0.2) is 0 Å². The number of aliphatic hydroxyl groups excluding tert-OH is 2. The highest BCUT2D eigenvalue weighted by molar-refractivity contribution is 5.76. The Bertz CT molecular complexity index is 564. The van der Waals surface area contributed by atoms with Crippen molar-refractivity contribution in [3.05, 3.63) is 11.5 Å². The molecule has 3 atom stereocenters. The fraction of sp³-hybridized carbons (Fsp3) is 0.789. The molecule has 0 aromatic carbocycles. The van der Waals surface area contributed by atoms with Crippen LogP contribution in [0.5, 0.6) is 0 Å². The largest absolute Gasteiger partial charge is 0.507 e. The topological polar surface area (TPSA) is 145 Å². The quantitative estimate of drug-likeness (QED) is 0.268. The lowest BCUT2D eigenvalue weighted by Gasteiger charge is -2.34. The Hall–Kier alpha value is -1.76. The maximum atomic E-state index is 12.0. The predicted octanol–water partition coefficient (Wildman–Crippen LogP) is -0.411. The molecule has 1 aliphatic heterocycles. The van der Waals surface area contributed by atoms with Crippen LogP contribution in [-0.4, -0.2) is 94.3 Å². The lowest BCUT2D eigenvalue weighted by atomic mass is 10.1. The molecule has 0 aromatic rings. The molecular formula is C19H34N2O9. The number of nitrogens with one attached hydrogen (secondary N) is 2. The van der Waals surface area contributed by atoms with Crippen molar-refractivity contribution in [2.45, 2.75) is 50.7 Å². The summed E-state index contributed by atoms with van der Waals surface area (Å²) in [6, 6.07) is -0.211. The van der Waals surface area contributed by atoms with Crippen molar-refractivity contribution in [2.24, 2.45) is 0 Å². The van der Waals surface area contributed by atoms with Crippen LogP contribution in [0.15, 0.2) is 11.5 Å². The predicted molar refractivity (Wildman–Crippen MR) is 106 cm³/mol. The van der Waals surface area contributed by atoms with E-state index in [1.54, 1.807) is 14.2 Å². The van der Waals surface area contributed by atoms with E-state index in [0.717, 1.165) is 0 Å². The van der Waals surface area contributed by atoms with Crippen LogP contribution in [0.2, 0.25) is 0 Å². The number of ether oxygens (including phenoxy) is 5. The molecule has 11 nitrogen and oxygen atoms in total. The van der Waals surface area contributed by atoms with E-state index in [-0.39, 0.29) is 30.9 Å². The van der Waals surface area contributed by atoms with Gasteiger partial charge in [-0.2, -0.15) is 0 Å². The first-order chi connectivity index (χ1) is 14.3. The molecule has 1 aliphatic rings. The molecule has 0 aromatic heterocycles. The minimum absolute atomic E-state index is 0.0305. The van der Waals surface area contributed by atoms with Gasteiger partial charge in [0.05, 0.1) is 32.5 Å². The van der Waals surface area contributed by atoms with E-state index in [4.69, 9.17) is 23.7 Å². The monoisotopic (exact) mass is 434 g/mol. The zero-order valence-electron chi connectivity index (χ0n) is 18.0. The molecule has 30 heavy (non-hydrogen) atoms. The Balaban J connectivity index is 2.50. The Labute approximate surface area is 176 Å². The third-order valence-electron chi connectivity index (χ3n) is 4.25. The van der Waals surface area contributed by atoms with Crippen molar-refractivity contribution in [3.63, 3.8) is 0 Å². The normalized spacial score (nSPS) is 21.7. The summed E-state index contributed by atoms with van der Waals surface area (Å²) in [4.78, 5) is 23.4. The molecule has 1 heterocycles. The zero-order valence-corrected chi connectivity index (χ0v) is 18.0. The fourth-order valence-corrected chi connectivity index (χ4v) is 2.90. The minimum atomic E-state index is -1.34. The Morgan fingerprint density at radius 2 is 1.80 bits per heavy atom. The van der Waals surface area contributed by atoms with Crippen molar-refractivity contribution in [3.8, 4) is 0 Å². The van der Waals surface area contributed by atoms with Crippen LogP contribution in [-0.2, 0) is 33.3 Å². The average Bonchev–Trinajstić information content (AvgIpc) is 2.68.